The van der Waals surface area contributed by atoms with E-state index in [2.05, 4.69) is 20.8 Å². The predicted molar refractivity (Wildman–Crippen MR) is 66.8 cm³/mol. The molecule has 1 amide bonds. The number of nitrogens with zero attached hydrogens (tertiary/aromatic N) is 1. The van der Waals surface area contributed by atoms with Crippen molar-refractivity contribution in [2.75, 3.05) is 18.4 Å². The first-order valence-corrected chi connectivity index (χ1v) is 6.26. The average Bonchev–Trinajstić information content (AvgIpc) is 2.74. The van der Waals surface area contributed by atoms with Gasteiger partial charge in [0.2, 0.25) is 5.91 Å². The van der Waals surface area contributed by atoms with Crippen molar-refractivity contribution < 1.29 is 4.79 Å². The fourth-order valence-electron chi connectivity index (χ4n) is 2.18. The third-order valence-electron chi connectivity index (χ3n) is 3.27. The minimum atomic E-state index is 0.0722. The maximum atomic E-state index is 11.7. The zero-order valence-electron chi connectivity index (χ0n) is 10.3. The molecule has 0 aliphatic carbocycles. The molecule has 1 aliphatic rings. The van der Waals surface area contributed by atoms with Crippen LogP contribution in [0.4, 0.5) is 5.82 Å². The van der Waals surface area contributed by atoms with Crippen molar-refractivity contribution >= 4 is 11.7 Å². The molecule has 0 saturated carbocycles. The predicted octanol–water partition coefficient (Wildman–Crippen LogP) is 1.44. The van der Waals surface area contributed by atoms with Crippen LogP contribution in [-0.2, 0) is 4.79 Å². The highest BCUT2D eigenvalue weighted by Gasteiger charge is 2.14. The molecule has 2 rings (SSSR count). The topological polar surface area (TPSA) is 69.8 Å². The second-order valence-electron chi connectivity index (χ2n) is 4.73. The fraction of sp³-hybridized carbons (Fsp3) is 0.667. The van der Waals surface area contributed by atoms with Gasteiger partial charge in [-0.2, -0.15) is 5.10 Å². The zero-order valence-corrected chi connectivity index (χ0v) is 10.3. The van der Waals surface area contributed by atoms with Gasteiger partial charge >= 0.3 is 0 Å². The van der Waals surface area contributed by atoms with Crippen LogP contribution in [0.3, 0.4) is 0 Å². The summed E-state index contributed by atoms with van der Waals surface area (Å²) >= 11 is 0. The summed E-state index contributed by atoms with van der Waals surface area (Å²) in [4.78, 5) is 11.7. The molecule has 1 saturated heterocycles. The van der Waals surface area contributed by atoms with Crippen LogP contribution in [0.1, 0.15) is 31.2 Å². The van der Waals surface area contributed by atoms with Gasteiger partial charge in [-0.1, -0.05) is 0 Å². The number of nitrogens with one attached hydrogen (secondary N) is 3. The van der Waals surface area contributed by atoms with Crippen LogP contribution >= 0.6 is 0 Å². The van der Waals surface area contributed by atoms with Gasteiger partial charge in [-0.15, -0.1) is 0 Å². The Morgan fingerprint density at radius 1 is 1.65 bits per heavy atom. The van der Waals surface area contributed by atoms with Crippen molar-refractivity contribution in [2.24, 2.45) is 5.92 Å². The standard InChI is InChI=1S/C12H20N4O/c1-9-7-14-16-12(9)15-11(17)5-4-10-3-2-6-13-8-10/h7,10,13H,2-6,8H2,1H3,(H2,14,15,16,17). The molecule has 5 nitrogen and oxygen atoms in total. The second-order valence-corrected chi connectivity index (χ2v) is 4.73. The van der Waals surface area contributed by atoms with Gasteiger partial charge in [-0.3, -0.25) is 9.89 Å². The zero-order chi connectivity index (χ0) is 12.1. The first-order chi connectivity index (χ1) is 8.25. The smallest absolute Gasteiger partial charge is 0.225 e. The van der Waals surface area contributed by atoms with Crippen LogP contribution in [-0.4, -0.2) is 29.2 Å². The van der Waals surface area contributed by atoms with Gasteiger partial charge in [-0.25, -0.2) is 0 Å². The van der Waals surface area contributed by atoms with E-state index in [-0.39, 0.29) is 5.91 Å². The largest absolute Gasteiger partial charge is 0.316 e. The lowest BCUT2D eigenvalue weighted by Gasteiger charge is -2.22. The Morgan fingerprint density at radius 3 is 3.18 bits per heavy atom. The number of amides is 1. The number of carbonyl (C=O) groups excluding carboxylic acids is 1. The Morgan fingerprint density at radius 2 is 2.53 bits per heavy atom. The molecule has 1 aromatic rings. The highest BCUT2D eigenvalue weighted by atomic mass is 16.1. The van der Waals surface area contributed by atoms with Crippen LogP contribution in [0.15, 0.2) is 6.20 Å². The maximum Gasteiger partial charge on any atom is 0.225 e. The molecule has 3 N–H and O–H groups in total. The Labute approximate surface area is 101 Å². The van der Waals surface area contributed by atoms with E-state index in [4.69, 9.17) is 0 Å². The van der Waals surface area contributed by atoms with Crippen molar-refractivity contribution in [3.8, 4) is 0 Å². The van der Waals surface area contributed by atoms with Gasteiger partial charge < -0.3 is 10.6 Å². The summed E-state index contributed by atoms with van der Waals surface area (Å²) in [6.45, 7) is 4.09. The average molecular weight is 236 g/mol. The fourth-order valence-corrected chi connectivity index (χ4v) is 2.18. The van der Waals surface area contributed by atoms with E-state index in [1.165, 1.54) is 12.8 Å². The number of piperidine rings is 1. The Balaban J connectivity index is 1.72. The SMILES string of the molecule is Cc1cn[nH]c1NC(=O)CCC1CCCNC1. The maximum absolute atomic E-state index is 11.7. The van der Waals surface area contributed by atoms with Crippen LogP contribution in [0.25, 0.3) is 0 Å². The van der Waals surface area contributed by atoms with E-state index < -0.39 is 0 Å². The van der Waals surface area contributed by atoms with Crippen LogP contribution in [0.2, 0.25) is 0 Å². The Kier molecular flexibility index (Phi) is 4.14. The lowest BCUT2D eigenvalue weighted by molar-refractivity contribution is -0.116. The third-order valence-corrected chi connectivity index (χ3v) is 3.27. The highest BCUT2D eigenvalue weighted by molar-refractivity contribution is 5.90. The number of carbonyl (C=O) groups is 1. The molecule has 0 radical (unpaired) electrons. The van der Waals surface area contributed by atoms with E-state index in [9.17, 15) is 4.79 Å². The van der Waals surface area contributed by atoms with Gasteiger partial charge in [0.1, 0.15) is 5.82 Å². The second kappa shape index (κ2) is 5.82. The number of hydrogen-bond donors (Lipinski definition) is 3. The Hall–Kier alpha value is -1.36. The first-order valence-electron chi connectivity index (χ1n) is 6.26. The molecule has 1 aliphatic heterocycles. The molecule has 17 heavy (non-hydrogen) atoms. The van der Waals surface area contributed by atoms with Crippen LogP contribution < -0.4 is 10.6 Å². The van der Waals surface area contributed by atoms with Crippen molar-refractivity contribution in [3.63, 3.8) is 0 Å². The molecule has 1 aromatic heterocycles. The highest BCUT2D eigenvalue weighted by Crippen LogP contribution is 2.16. The van der Waals surface area contributed by atoms with E-state index in [1.807, 2.05) is 6.92 Å². The first kappa shape index (κ1) is 12.1. The number of anilines is 1. The molecule has 2 heterocycles. The van der Waals surface area contributed by atoms with E-state index in [0.29, 0.717) is 12.3 Å². The summed E-state index contributed by atoms with van der Waals surface area (Å²) in [7, 11) is 0. The summed E-state index contributed by atoms with van der Waals surface area (Å²) in [5.41, 5.74) is 0.970. The molecule has 5 heteroatoms. The number of aryl methyl sites for hydroxylation is 1. The van der Waals surface area contributed by atoms with Gasteiger partial charge in [0, 0.05) is 12.0 Å². The third kappa shape index (κ3) is 3.56. The van der Waals surface area contributed by atoms with Crippen molar-refractivity contribution in [3.05, 3.63) is 11.8 Å². The van der Waals surface area contributed by atoms with Gasteiger partial charge in [0.15, 0.2) is 0 Å². The molecule has 94 valence electrons. The molecule has 0 bridgehead atoms. The van der Waals surface area contributed by atoms with Crippen molar-refractivity contribution in [1.29, 1.82) is 0 Å². The van der Waals surface area contributed by atoms with E-state index >= 15 is 0 Å². The lowest BCUT2D eigenvalue weighted by Crippen LogP contribution is -2.30. The molecular formula is C12H20N4O. The number of H-pyrrole nitrogens is 1. The summed E-state index contributed by atoms with van der Waals surface area (Å²) < 4.78 is 0. The summed E-state index contributed by atoms with van der Waals surface area (Å²) in [5, 5.41) is 12.9. The minimum absolute atomic E-state index is 0.0722. The summed E-state index contributed by atoms with van der Waals surface area (Å²) in [5.74, 6) is 1.44. The molecule has 0 aromatic carbocycles. The van der Waals surface area contributed by atoms with E-state index in [0.717, 1.165) is 30.9 Å². The van der Waals surface area contributed by atoms with E-state index in [1.54, 1.807) is 6.20 Å². The van der Waals surface area contributed by atoms with Crippen LogP contribution in [0.5, 0.6) is 0 Å². The lowest BCUT2D eigenvalue weighted by atomic mass is 9.94. The van der Waals surface area contributed by atoms with Crippen molar-refractivity contribution in [1.82, 2.24) is 15.5 Å². The molecule has 1 unspecified atom stereocenters. The number of aromatic amines is 1. The number of aromatic nitrogens is 2. The van der Waals surface area contributed by atoms with Crippen molar-refractivity contribution in [2.45, 2.75) is 32.6 Å². The van der Waals surface area contributed by atoms with Gasteiger partial charge in [0.25, 0.3) is 0 Å². The number of hydrogen-bond acceptors (Lipinski definition) is 3. The number of rotatable bonds is 4. The molecular weight excluding hydrogens is 216 g/mol. The summed E-state index contributed by atoms with van der Waals surface area (Å²) in [6.07, 6.45) is 5.73. The van der Waals surface area contributed by atoms with Crippen LogP contribution in [0, 0.1) is 12.8 Å². The molecule has 1 atom stereocenters. The quantitative estimate of drug-likeness (QED) is 0.740. The van der Waals surface area contributed by atoms with Gasteiger partial charge in [0.05, 0.1) is 6.20 Å². The normalized spacial score (nSPS) is 20.2. The van der Waals surface area contributed by atoms with Gasteiger partial charge in [-0.05, 0) is 45.2 Å². The minimum Gasteiger partial charge on any atom is -0.316 e. The molecule has 0 spiro atoms. The Bertz CT molecular complexity index is 368. The monoisotopic (exact) mass is 236 g/mol. The molecule has 1 fully saturated rings. The summed E-state index contributed by atoms with van der Waals surface area (Å²) in [6, 6.07) is 0.